The van der Waals surface area contributed by atoms with Crippen molar-refractivity contribution < 1.29 is 19.6 Å². The molecule has 43 heavy (non-hydrogen) atoms. The van der Waals surface area contributed by atoms with E-state index in [1.807, 2.05) is 81.4 Å². The van der Waals surface area contributed by atoms with E-state index in [-0.39, 0.29) is 11.8 Å². The van der Waals surface area contributed by atoms with Crippen molar-refractivity contribution in [3.8, 4) is 0 Å². The minimum atomic E-state index is -0.868. The molecule has 0 aliphatic heterocycles. The quantitative estimate of drug-likeness (QED) is 0.136. The Kier molecular flexibility index (Phi) is 14.4. The van der Waals surface area contributed by atoms with Crippen molar-refractivity contribution in [2.45, 2.75) is 103 Å². The van der Waals surface area contributed by atoms with Crippen molar-refractivity contribution in [3.63, 3.8) is 0 Å². The van der Waals surface area contributed by atoms with Crippen molar-refractivity contribution in [2.24, 2.45) is 16.8 Å². The lowest BCUT2D eigenvalue weighted by molar-refractivity contribution is -0.131. The molecule has 0 unspecified atom stereocenters. The van der Waals surface area contributed by atoms with Gasteiger partial charge in [-0.15, -0.1) is 0 Å². The first kappa shape index (κ1) is 34.0. The third-order valence-electron chi connectivity index (χ3n) is 7.89. The maximum Gasteiger partial charge on any atom is 0.269 e. The molecule has 3 rings (SSSR count). The molecule has 8 heteroatoms. The van der Waals surface area contributed by atoms with Gasteiger partial charge in [0.1, 0.15) is 17.9 Å². The predicted octanol–water partition coefficient (Wildman–Crippen LogP) is 5.87. The number of carbonyl (C=O) groups excluding carboxylic acids is 3. The number of aryl methyl sites for hydroxylation is 1. The first-order valence-electron chi connectivity index (χ1n) is 16.0. The van der Waals surface area contributed by atoms with E-state index in [2.05, 4.69) is 15.6 Å². The lowest BCUT2D eigenvalue weighted by Crippen LogP contribution is -2.52. The Morgan fingerprint density at radius 3 is 2.14 bits per heavy atom. The molecular formula is C35H50N4O4. The number of carbonyl (C=O) groups is 3. The van der Waals surface area contributed by atoms with Crippen LogP contribution in [-0.2, 0) is 27.2 Å². The van der Waals surface area contributed by atoms with Crippen LogP contribution in [0.4, 0.5) is 0 Å². The van der Waals surface area contributed by atoms with Crippen LogP contribution in [0.15, 0.2) is 65.7 Å². The molecule has 1 aliphatic carbocycles. The van der Waals surface area contributed by atoms with E-state index < -0.39 is 23.9 Å². The summed E-state index contributed by atoms with van der Waals surface area (Å²) in [7, 11) is 0. The van der Waals surface area contributed by atoms with E-state index in [0.717, 1.165) is 41.9 Å². The fourth-order valence-electron chi connectivity index (χ4n) is 5.57. The Labute approximate surface area is 257 Å². The van der Waals surface area contributed by atoms with Crippen LogP contribution in [-0.4, -0.2) is 52.5 Å². The number of hydrogen-bond acceptors (Lipinski definition) is 4. The Morgan fingerprint density at radius 1 is 0.907 bits per heavy atom. The van der Waals surface area contributed by atoms with Crippen molar-refractivity contribution in [2.75, 3.05) is 6.54 Å². The van der Waals surface area contributed by atoms with Crippen LogP contribution in [0.1, 0.15) is 89.7 Å². The second-order valence-electron chi connectivity index (χ2n) is 12.2. The van der Waals surface area contributed by atoms with Crippen LogP contribution in [0.25, 0.3) is 0 Å². The van der Waals surface area contributed by atoms with Crippen LogP contribution < -0.4 is 10.6 Å². The summed E-state index contributed by atoms with van der Waals surface area (Å²) in [5.41, 5.74) is 2.00. The van der Waals surface area contributed by atoms with Gasteiger partial charge >= 0.3 is 0 Å². The average Bonchev–Trinajstić information content (AvgIpc) is 2.99. The van der Waals surface area contributed by atoms with Crippen LogP contribution in [0, 0.1) is 11.8 Å². The Hall–Kier alpha value is -3.52. The number of nitrogens with zero attached hydrogens (tertiary/aromatic N) is 2. The van der Waals surface area contributed by atoms with Gasteiger partial charge in [-0.2, -0.15) is 4.99 Å². The van der Waals surface area contributed by atoms with Gasteiger partial charge in [-0.25, -0.2) is 5.06 Å². The van der Waals surface area contributed by atoms with Gasteiger partial charge in [0.15, 0.2) is 0 Å². The fraction of sp³-hybridized carbons (Fsp3) is 0.543. The molecule has 3 N–H and O–H groups in total. The minimum Gasteiger partial charge on any atom is -0.344 e. The number of nitrogens with one attached hydrogen (secondary N) is 2. The van der Waals surface area contributed by atoms with Crippen molar-refractivity contribution in [3.05, 3.63) is 71.8 Å². The van der Waals surface area contributed by atoms with E-state index in [1.165, 1.54) is 6.42 Å². The summed E-state index contributed by atoms with van der Waals surface area (Å²) in [6.07, 6.45) is 8.30. The third kappa shape index (κ3) is 12.3. The van der Waals surface area contributed by atoms with Gasteiger partial charge in [-0.05, 0) is 48.6 Å². The molecule has 0 aromatic heterocycles. The zero-order chi connectivity index (χ0) is 31.0. The molecule has 2 atom stereocenters. The second-order valence-corrected chi connectivity index (χ2v) is 12.2. The average molecular weight is 591 g/mol. The third-order valence-corrected chi connectivity index (χ3v) is 7.89. The number of aliphatic imine (C=N–C) groups is 1. The molecule has 234 valence electrons. The van der Waals surface area contributed by atoms with Gasteiger partial charge in [-0.3, -0.25) is 19.6 Å². The number of benzene rings is 2. The Morgan fingerprint density at radius 2 is 1.53 bits per heavy atom. The zero-order valence-corrected chi connectivity index (χ0v) is 26.1. The highest BCUT2D eigenvalue weighted by molar-refractivity contribution is 5.98. The topological polar surface area (TPSA) is 111 Å². The molecule has 0 bridgehead atoms. The predicted molar refractivity (Wildman–Crippen MR) is 171 cm³/mol. The van der Waals surface area contributed by atoms with Gasteiger partial charge in [0.25, 0.3) is 5.91 Å². The SMILES string of the molecule is CCC[C@H](NC(=O)[C@H](Cc1ccccc1)NC(=O)CC(C)C)C(=O)N=C(CCc1ccccc1)N(O)CC1CCCCC1. The maximum absolute atomic E-state index is 13.6. The number of amidine groups is 1. The summed E-state index contributed by atoms with van der Waals surface area (Å²) in [6, 6.07) is 17.7. The molecule has 1 aliphatic rings. The van der Waals surface area contributed by atoms with E-state index in [0.29, 0.717) is 56.8 Å². The summed E-state index contributed by atoms with van der Waals surface area (Å²) >= 11 is 0. The lowest BCUT2D eigenvalue weighted by atomic mass is 9.89. The van der Waals surface area contributed by atoms with Crippen LogP contribution >= 0.6 is 0 Å². The van der Waals surface area contributed by atoms with Crippen molar-refractivity contribution >= 4 is 23.6 Å². The van der Waals surface area contributed by atoms with Crippen molar-refractivity contribution in [1.82, 2.24) is 15.7 Å². The van der Waals surface area contributed by atoms with E-state index in [9.17, 15) is 19.6 Å². The number of hydroxylamine groups is 2. The molecule has 0 heterocycles. The Bertz CT molecular complexity index is 1160. The van der Waals surface area contributed by atoms with Crippen LogP contribution in [0.5, 0.6) is 0 Å². The standard InChI is InChI=1S/C35H50N4O4/c1-4-14-30(37-35(42)31(36-33(40)23-26(2)3)24-28-17-10-6-11-18-28)34(41)38-32(22-21-27-15-8-5-9-16-27)39(43)25-29-19-12-7-13-20-29/h5-6,8-11,15-18,26,29-31,43H,4,7,12-14,19-25H2,1-3H3,(H,36,40)(H,37,42)/t30-,31-/m0/s1. The van der Waals surface area contributed by atoms with E-state index in [4.69, 9.17) is 0 Å². The highest BCUT2D eigenvalue weighted by Crippen LogP contribution is 2.24. The first-order valence-corrected chi connectivity index (χ1v) is 16.0. The molecule has 1 fully saturated rings. The highest BCUT2D eigenvalue weighted by atomic mass is 16.5. The summed E-state index contributed by atoms with van der Waals surface area (Å²) in [4.78, 5) is 44.3. The molecule has 2 aromatic rings. The minimum absolute atomic E-state index is 0.147. The van der Waals surface area contributed by atoms with E-state index in [1.54, 1.807) is 0 Å². The highest BCUT2D eigenvalue weighted by Gasteiger charge is 2.28. The van der Waals surface area contributed by atoms with Gasteiger partial charge in [-0.1, -0.05) is 107 Å². The summed E-state index contributed by atoms with van der Waals surface area (Å²) in [5.74, 6) is -0.293. The summed E-state index contributed by atoms with van der Waals surface area (Å²) in [5, 5.41) is 18.0. The van der Waals surface area contributed by atoms with E-state index >= 15 is 0 Å². The molecule has 2 aromatic carbocycles. The first-order chi connectivity index (χ1) is 20.7. The number of amides is 3. The molecule has 3 amide bonds. The van der Waals surface area contributed by atoms with Crippen LogP contribution in [0.2, 0.25) is 0 Å². The maximum atomic E-state index is 13.6. The zero-order valence-electron chi connectivity index (χ0n) is 26.1. The largest absolute Gasteiger partial charge is 0.344 e. The molecule has 0 spiro atoms. The van der Waals surface area contributed by atoms with Gasteiger partial charge in [0.2, 0.25) is 11.8 Å². The monoisotopic (exact) mass is 590 g/mol. The molecule has 0 saturated heterocycles. The van der Waals surface area contributed by atoms with Gasteiger partial charge in [0, 0.05) is 25.8 Å². The van der Waals surface area contributed by atoms with Gasteiger partial charge < -0.3 is 10.6 Å². The van der Waals surface area contributed by atoms with Crippen LogP contribution in [0.3, 0.4) is 0 Å². The van der Waals surface area contributed by atoms with Gasteiger partial charge in [0.05, 0.1) is 0 Å². The normalized spacial score (nSPS) is 15.5. The second kappa shape index (κ2) is 18.2. The number of rotatable bonds is 15. The Balaban J connectivity index is 1.78. The molecular weight excluding hydrogens is 540 g/mol. The molecule has 1 saturated carbocycles. The summed E-state index contributed by atoms with van der Waals surface area (Å²) in [6.45, 7) is 6.29. The summed E-state index contributed by atoms with van der Waals surface area (Å²) < 4.78 is 0. The smallest absolute Gasteiger partial charge is 0.269 e. The lowest BCUT2D eigenvalue weighted by Gasteiger charge is -2.28. The molecule has 8 nitrogen and oxygen atoms in total. The fourth-order valence-corrected chi connectivity index (χ4v) is 5.57. The molecule has 0 radical (unpaired) electrons. The van der Waals surface area contributed by atoms with Crippen molar-refractivity contribution in [1.29, 1.82) is 0 Å². The number of hydrogen-bond donors (Lipinski definition) is 3.